The first-order chi connectivity index (χ1) is 13.2. The molecule has 7 nitrogen and oxygen atoms in total. The Balaban J connectivity index is 1.61. The molecule has 0 bridgehead atoms. The second kappa shape index (κ2) is 12.0. The zero-order valence-electron chi connectivity index (χ0n) is 16.5. The summed E-state index contributed by atoms with van der Waals surface area (Å²) < 4.78 is 10.8. The fraction of sp³-hybridized carbons (Fsp3) is 0.600. The molecule has 0 spiro atoms. The van der Waals surface area contributed by atoms with Crippen molar-refractivity contribution in [1.29, 1.82) is 0 Å². The minimum atomic E-state index is 0.285. The van der Waals surface area contributed by atoms with Crippen molar-refractivity contribution in [2.24, 2.45) is 4.99 Å². The molecule has 1 heterocycles. The van der Waals surface area contributed by atoms with E-state index in [4.69, 9.17) is 9.47 Å². The van der Waals surface area contributed by atoms with Gasteiger partial charge in [-0.2, -0.15) is 0 Å². The monoisotopic (exact) mass is 376 g/mol. The highest BCUT2D eigenvalue weighted by Crippen LogP contribution is 2.17. The second-order valence-electron chi connectivity index (χ2n) is 6.40. The van der Waals surface area contributed by atoms with E-state index in [1.807, 2.05) is 36.1 Å². The van der Waals surface area contributed by atoms with Crippen LogP contribution in [0.1, 0.15) is 32.6 Å². The number of guanidine groups is 1. The van der Waals surface area contributed by atoms with Crippen molar-refractivity contribution < 1.29 is 14.3 Å². The fourth-order valence-electron chi connectivity index (χ4n) is 2.88. The van der Waals surface area contributed by atoms with Gasteiger partial charge in [0.2, 0.25) is 5.91 Å². The van der Waals surface area contributed by atoms with Crippen molar-refractivity contribution in [3.63, 3.8) is 0 Å². The summed E-state index contributed by atoms with van der Waals surface area (Å²) in [6.45, 7) is 6.70. The van der Waals surface area contributed by atoms with Crippen LogP contribution in [-0.4, -0.2) is 63.2 Å². The number of carbonyl (C=O) groups is 1. The molecule has 1 saturated heterocycles. The molecule has 150 valence electrons. The van der Waals surface area contributed by atoms with Crippen LogP contribution in [0.15, 0.2) is 29.3 Å². The number of rotatable bonds is 11. The first-order valence-electron chi connectivity index (χ1n) is 9.79. The van der Waals surface area contributed by atoms with E-state index in [0.29, 0.717) is 19.6 Å². The SMILES string of the molecule is CCNC(=NCCCOc1ccc(OC)cc1)NCCCN1CCCC1=O. The van der Waals surface area contributed by atoms with Gasteiger partial charge >= 0.3 is 0 Å². The number of nitrogens with one attached hydrogen (secondary N) is 2. The summed E-state index contributed by atoms with van der Waals surface area (Å²) in [6, 6.07) is 7.57. The molecule has 7 heteroatoms. The van der Waals surface area contributed by atoms with Crippen LogP contribution in [0.4, 0.5) is 0 Å². The lowest BCUT2D eigenvalue weighted by molar-refractivity contribution is -0.127. The summed E-state index contributed by atoms with van der Waals surface area (Å²) in [5.74, 6) is 2.76. The highest BCUT2D eigenvalue weighted by atomic mass is 16.5. The number of ether oxygens (including phenoxy) is 2. The molecule has 1 aliphatic heterocycles. The van der Waals surface area contributed by atoms with E-state index in [9.17, 15) is 4.79 Å². The summed E-state index contributed by atoms with van der Waals surface area (Å²) >= 11 is 0. The summed E-state index contributed by atoms with van der Waals surface area (Å²) in [5, 5.41) is 6.57. The number of hydrogen-bond acceptors (Lipinski definition) is 4. The quantitative estimate of drug-likeness (QED) is 0.351. The molecule has 1 aromatic rings. The zero-order chi connectivity index (χ0) is 19.3. The number of carbonyl (C=O) groups excluding carboxylic acids is 1. The maximum atomic E-state index is 11.6. The number of nitrogens with zero attached hydrogens (tertiary/aromatic N) is 2. The molecule has 1 aliphatic rings. The smallest absolute Gasteiger partial charge is 0.222 e. The minimum absolute atomic E-state index is 0.285. The third-order valence-corrected chi connectivity index (χ3v) is 4.31. The van der Waals surface area contributed by atoms with E-state index in [2.05, 4.69) is 15.6 Å². The van der Waals surface area contributed by atoms with Crippen molar-refractivity contribution in [2.75, 3.05) is 46.4 Å². The van der Waals surface area contributed by atoms with Crippen LogP contribution in [0.2, 0.25) is 0 Å². The van der Waals surface area contributed by atoms with Gasteiger partial charge in [0, 0.05) is 45.6 Å². The van der Waals surface area contributed by atoms with Crippen molar-refractivity contribution in [2.45, 2.75) is 32.6 Å². The third-order valence-electron chi connectivity index (χ3n) is 4.31. The summed E-state index contributed by atoms with van der Waals surface area (Å²) in [4.78, 5) is 18.1. The molecule has 0 aliphatic carbocycles. The van der Waals surface area contributed by atoms with E-state index in [0.717, 1.165) is 62.9 Å². The Morgan fingerprint density at radius 1 is 1.19 bits per heavy atom. The zero-order valence-corrected chi connectivity index (χ0v) is 16.5. The van der Waals surface area contributed by atoms with Crippen LogP contribution >= 0.6 is 0 Å². The molecule has 0 aromatic heterocycles. The lowest BCUT2D eigenvalue weighted by Gasteiger charge is -2.16. The maximum absolute atomic E-state index is 11.6. The predicted octanol–water partition coefficient (Wildman–Crippen LogP) is 2.03. The van der Waals surface area contributed by atoms with E-state index in [1.54, 1.807) is 7.11 Å². The first kappa shape index (κ1) is 20.9. The number of amides is 1. The minimum Gasteiger partial charge on any atom is -0.497 e. The van der Waals surface area contributed by atoms with Gasteiger partial charge in [-0.05, 0) is 44.0 Å². The Hall–Kier alpha value is -2.44. The van der Waals surface area contributed by atoms with Crippen LogP contribution in [0.5, 0.6) is 11.5 Å². The Kier molecular flexibility index (Phi) is 9.30. The molecule has 2 rings (SSSR count). The average Bonchev–Trinajstić information content (AvgIpc) is 3.10. The van der Waals surface area contributed by atoms with Crippen molar-refractivity contribution in [1.82, 2.24) is 15.5 Å². The van der Waals surface area contributed by atoms with Gasteiger partial charge in [0.15, 0.2) is 5.96 Å². The Labute approximate surface area is 162 Å². The van der Waals surface area contributed by atoms with Crippen LogP contribution < -0.4 is 20.1 Å². The van der Waals surface area contributed by atoms with Gasteiger partial charge in [0.25, 0.3) is 0 Å². The normalized spacial score (nSPS) is 14.4. The predicted molar refractivity (Wildman–Crippen MR) is 108 cm³/mol. The van der Waals surface area contributed by atoms with Crippen LogP contribution in [0.25, 0.3) is 0 Å². The van der Waals surface area contributed by atoms with Crippen LogP contribution in [0.3, 0.4) is 0 Å². The molecule has 27 heavy (non-hydrogen) atoms. The molecule has 0 atom stereocenters. The lowest BCUT2D eigenvalue weighted by atomic mass is 10.3. The second-order valence-corrected chi connectivity index (χ2v) is 6.40. The van der Waals surface area contributed by atoms with Gasteiger partial charge in [-0.15, -0.1) is 0 Å². The molecule has 0 saturated carbocycles. The number of methoxy groups -OCH3 is 1. The Bertz CT molecular complexity index is 589. The van der Waals surface area contributed by atoms with Crippen molar-refractivity contribution in [3.8, 4) is 11.5 Å². The number of hydrogen-bond donors (Lipinski definition) is 2. The van der Waals surface area contributed by atoms with Gasteiger partial charge < -0.3 is 25.0 Å². The van der Waals surface area contributed by atoms with Gasteiger partial charge in [-0.3, -0.25) is 9.79 Å². The van der Waals surface area contributed by atoms with Gasteiger partial charge in [0.05, 0.1) is 13.7 Å². The summed E-state index contributed by atoms with van der Waals surface area (Å²) in [6.07, 6.45) is 3.46. The summed E-state index contributed by atoms with van der Waals surface area (Å²) in [5.41, 5.74) is 0. The molecule has 1 aromatic carbocycles. The Morgan fingerprint density at radius 3 is 2.63 bits per heavy atom. The largest absolute Gasteiger partial charge is 0.497 e. The molecule has 2 N–H and O–H groups in total. The lowest BCUT2D eigenvalue weighted by Crippen LogP contribution is -2.39. The van der Waals surface area contributed by atoms with E-state index in [1.165, 1.54) is 0 Å². The highest BCUT2D eigenvalue weighted by Gasteiger charge is 2.18. The number of likely N-dealkylation sites (tertiary alicyclic amines) is 1. The average molecular weight is 377 g/mol. The molecule has 0 unspecified atom stereocenters. The first-order valence-corrected chi connectivity index (χ1v) is 9.79. The van der Waals surface area contributed by atoms with Gasteiger partial charge in [-0.1, -0.05) is 0 Å². The van der Waals surface area contributed by atoms with E-state index in [-0.39, 0.29) is 5.91 Å². The maximum Gasteiger partial charge on any atom is 0.222 e. The van der Waals surface area contributed by atoms with E-state index < -0.39 is 0 Å². The van der Waals surface area contributed by atoms with Crippen LogP contribution in [-0.2, 0) is 4.79 Å². The van der Waals surface area contributed by atoms with Gasteiger partial charge in [-0.25, -0.2) is 0 Å². The standard InChI is InChI=1S/C20H32N4O3/c1-3-21-20(22-12-5-15-24-14-4-7-19(24)25)23-13-6-16-27-18-10-8-17(26-2)9-11-18/h8-11H,3-7,12-16H2,1-2H3,(H2,21,22,23). The Morgan fingerprint density at radius 2 is 1.96 bits per heavy atom. The molecule has 0 radical (unpaired) electrons. The third kappa shape index (κ3) is 7.76. The van der Waals surface area contributed by atoms with Crippen molar-refractivity contribution >= 4 is 11.9 Å². The van der Waals surface area contributed by atoms with Gasteiger partial charge in [0.1, 0.15) is 11.5 Å². The molecular formula is C20H32N4O3. The van der Waals surface area contributed by atoms with E-state index >= 15 is 0 Å². The number of aliphatic imine (C=N–C) groups is 1. The summed E-state index contributed by atoms with van der Waals surface area (Å²) in [7, 11) is 1.65. The number of benzene rings is 1. The topological polar surface area (TPSA) is 75.2 Å². The fourth-order valence-corrected chi connectivity index (χ4v) is 2.88. The highest BCUT2D eigenvalue weighted by molar-refractivity contribution is 5.79. The molecule has 1 amide bonds. The molecular weight excluding hydrogens is 344 g/mol. The van der Waals surface area contributed by atoms with Crippen LogP contribution in [0, 0.1) is 0 Å². The van der Waals surface area contributed by atoms with Crippen molar-refractivity contribution in [3.05, 3.63) is 24.3 Å². The molecule has 1 fully saturated rings.